The summed E-state index contributed by atoms with van der Waals surface area (Å²) in [5.41, 5.74) is 0. The van der Waals surface area contributed by atoms with Gasteiger partial charge in [0.1, 0.15) is 0 Å². The summed E-state index contributed by atoms with van der Waals surface area (Å²) in [4.78, 5) is 28.4. The van der Waals surface area contributed by atoms with E-state index >= 15 is 0 Å². The summed E-state index contributed by atoms with van der Waals surface area (Å²) >= 11 is 0. The normalized spacial score (nSPS) is 21.8. The molecule has 0 aromatic carbocycles. The Hall–Kier alpha value is -1.14. The second-order valence-corrected chi connectivity index (χ2v) is 5.92. The Labute approximate surface area is 126 Å². The van der Waals surface area contributed by atoms with Crippen molar-refractivity contribution >= 4 is 12.4 Å². The molecule has 0 aliphatic carbocycles. The quantitative estimate of drug-likeness (QED) is 0.523. The van der Waals surface area contributed by atoms with Crippen LogP contribution in [0.25, 0.3) is 0 Å². The lowest BCUT2D eigenvalue weighted by Gasteiger charge is -2.35. The lowest BCUT2D eigenvalue weighted by Crippen LogP contribution is -2.45. The molecule has 6 nitrogen and oxygen atoms in total. The molecule has 0 aromatic rings. The maximum absolute atomic E-state index is 11.5. The third kappa shape index (κ3) is 5.63. The van der Waals surface area contributed by atoms with Crippen LogP contribution in [0, 0.1) is 11.8 Å². The molecule has 0 radical (unpaired) electrons. The van der Waals surface area contributed by atoms with Gasteiger partial charge in [0.25, 0.3) is 0 Å². The lowest BCUT2D eigenvalue weighted by atomic mass is 9.89. The number of rotatable bonds is 9. The Morgan fingerprint density at radius 2 is 2.19 bits per heavy atom. The smallest absolute Gasteiger partial charge is 0.308 e. The predicted molar refractivity (Wildman–Crippen MR) is 77.2 cm³/mol. The summed E-state index contributed by atoms with van der Waals surface area (Å²) in [6, 6.07) is -0.479. The van der Waals surface area contributed by atoms with Gasteiger partial charge in [-0.15, -0.1) is 0 Å². The topological polar surface area (TPSA) is 76.1 Å². The van der Waals surface area contributed by atoms with Crippen LogP contribution in [0.15, 0.2) is 0 Å². The second kappa shape index (κ2) is 9.00. The molecule has 0 spiro atoms. The number of carboxylic acids is 1. The molecular weight excluding hydrogens is 274 g/mol. The van der Waals surface area contributed by atoms with Gasteiger partial charge in [-0.25, -0.2) is 9.90 Å². The van der Waals surface area contributed by atoms with Gasteiger partial charge in [-0.1, -0.05) is 20.8 Å². The summed E-state index contributed by atoms with van der Waals surface area (Å²) < 4.78 is 5.46. The Balaban J connectivity index is 2.75. The largest absolute Gasteiger partial charge is 0.481 e. The van der Waals surface area contributed by atoms with Gasteiger partial charge in [0.05, 0.1) is 12.0 Å². The third-order valence-corrected chi connectivity index (χ3v) is 3.73. The van der Waals surface area contributed by atoms with Gasteiger partial charge < -0.3 is 9.84 Å². The Morgan fingerprint density at radius 3 is 2.62 bits per heavy atom. The van der Waals surface area contributed by atoms with Crippen LogP contribution in [-0.4, -0.2) is 41.5 Å². The van der Waals surface area contributed by atoms with E-state index in [0.717, 1.165) is 24.3 Å². The van der Waals surface area contributed by atoms with Crippen LogP contribution in [0.5, 0.6) is 0 Å². The van der Waals surface area contributed by atoms with E-state index < -0.39 is 24.2 Å². The number of carbonyl (C=O) groups excluding carboxylic acids is 1. The van der Waals surface area contributed by atoms with Crippen molar-refractivity contribution in [3.05, 3.63) is 0 Å². The highest BCUT2D eigenvalue weighted by molar-refractivity contribution is 5.71. The summed E-state index contributed by atoms with van der Waals surface area (Å²) in [6.07, 6.45) is 3.85. The van der Waals surface area contributed by atoms with Crippen LogP contribution < -0.4 is 0 Å². The number of carbonyl (C=O) groups is 2. The van der Waals surface area contributed by atoms with Crippen LogP contribution in [0.4, 0.5) is 0 Å². The molecule has 1 heterocycles. The van der Waals surface area contributed by atoms with E-state index in [0.29, 0.717) is 25.9 Å². The zero-order valence-corrected chi connectivity index (χ0v) is 13.2. The summed E-state index contributed by atoms with van der Waals surface area (Å²) in [5.74, 6) is -1.29. The number of ether oxygens (including phenoxy) is 1. The van der Waals surface area contributed by atoms with Crippen LogP contribution in [0.1, 0.15) is 52.9 Å². The van der Waals surface area contributed by atoms with Gasteiger partial charge >= 0.3 is 5.97 Å². The van der Waals surface area contributed by atoms with E-state index in [2.05, 4.69) is 0 Å². The van der Waals surface area contributed by atoms with Gasteiger partial charge in [0.2, 0.25) is 6.41 Å². The van der Waals surface area contributed by atoms with Crippen molar-refractivity contribution in [2.75, 3.05) is 6.61 Å². The molecule has 1 saturated heterocycles. The van der Waals surface area contributed by atoms with Crippen molar-refractivity contribution in [2.24, 2.45) is 11.8 Å². The number of carboxylic acid groups (broad SMARTS) is 1. The summed E-state index contributed by atoms with van der Waals surface area (Å²) in [6.45, 7) is 6.42. The van der Waals surface area contributed by atoms with Gasteiger partial charge in [-0.05, 0) is 31.6 Å². The van der Waals surface area contributed by atoms with Gasteiger partial charge in [-0.3, -0.25) is 9.59 Å². The van der Waals surface area contributed by atoms with E-state index in [-0.39, 0.29) is 5.92 Å². The first kappa shape index (κ1) is 17.9. The molecular formula is C15H27NO5. The number of hydrogen-bond donors (Lipinski definition) is 1. The number of amides is 1. The van der Waals surface area contributed by atoms with E-state index in [1.54, 1.807) is 0 Å². The summed E-state index contributed by atoms with van der Waals surface area (Å²) in [5, 5.41) is 10.6. The molecule has 1 aliphatic heterocycles. The minimum Gasteiger partial charge on any atom is -0.481 e. The zero-order chi connectivity index (χ0) is 15.8. The minimum absolute atomic E-state index is 0.236. The van der Waals surface area contributed by atoms with E-state index in [1.807, 2.05) is 20.8 Å². The van der Waals surface area contributed by atoms with Crippen molar-refractivity contribution in [2.45, 2.75) is 65.2 Å². The summed E-state index contributed by atoms with van der Waals surface area (Å²) in [7, 11) is 0. The molecule has 6 heteroatoms. The standard InChI is InChI=1S/C15H27NO5/c1-4-13(12(15(18)19)9-11(2)3)16(10-17)21-14-7-5-6-8-20-14/h10-14H,4-9H2,1-3H3,(H,18,19)/t12?,13-,14?/m0/s1. The molecule has 2 unspecified atom stereocenters. The zero-order valence-electron chi connectivity index (χ0n) is 13.2. The predicted octanol–water partition coefficient (Wildman–Crippen LogP) is 2.43. The number of nitrogens with zero attached hydrogens (tertiary/aromatic N) is 1. The fourth-order valence-corrected chi connectivity index (χ4v) is 2.68. The maximum Gasteiger partial charge on any atom is 0.308 e. The van der Waals surface area contributed by atoms with Gasteiger partial charge in [0, 0.05) is 13.0 Å². The first-order valence-corrected chi connectivity index (χ1v) is 7.74. The molecule has 0 aromatic heterocycles. The Morgan fingerprint density at radius 1 is 1.48 bits per heavy atom. The highest BCUT2D eigenvalue weighted by atomic mass is 16.8. The van der Waals surface area contributed by atoms with Crippen molar-refractivity contribution in [1.29, 1.82) is 0 Å². The number of hydrogen-bond acceptors (Lipinski definition) is 4. The average Bonchev–Trinajstić information content (AvgIpc) is 2.46. The molecule has 21 heavy (non-hydrogen) atoms. The molecule has 1 rings (SSSR count). The van der Waals surface area contributed by atoms with Crippen LogP contribution in [0.2, 0.25) is 0 Å². The maximum atomic E-state index is 11.5. The van der Waals surface area contributed by atoms with Crippen molar-refractivity contribution < 1.29 is 24.3 Å². The molecule has 0 bridgehead atoms. The minimum atomic E-state index is -0.893. The van der Waals surface area contributed by atoms with Crippen molar-refractivity contribution in [1.82, 2.24) is 5.06 Å². The SMILES string of the molecule is CC[C@@H](C(CC(C)C)C(=O)O)N(C=O)OC1CCCCO1. The molecule has 3 atom stereocenters. The fourth-order valence-electron chi connectivity index (χ4n) is 2.68. The molecule has 1 amide bonds. The van der Waals surface area contributed by atoms with Gasteiger partial charge in [-0.2, -0.15) is 0 Å². The average molecular weight is 301 g/mol. The number of aliphatic carboxylic acids is 1. The van der Waals surface area contributed by atoms with E-state index in [1.165, 1.54) is 0 Å². The fraction of sp³-hybridized carbons (Fsp3) is 0.867. The first-order valence-electron chi connectivity index (χ1n) is 7.74. The molecule has 0 saturated carbocycles. The van der Waals surface area contributed by atoms with Crippen LogP contribution in [-0.2, 0) is 19.2 Å². The molecule has 1 fully saturated rings. The highest BCUT2D eigenvalue weighted by Crippen LogP contribution is 2.24. The van der Waals surface area contributed by atoms with Crippen LogP contribution >= 0.6 is 0 Å². The van der Waals surface area contributed by atoms with Crippen LogP contribution in [0.3, 0.4) is 0 Å². The molecule has 122 valence electrons. The first-order chi connectivity index (χ1) is 9.99. The lowest BCUT2D eigenvalue weighted by molar-refractivity contribution is -0.290. The Bertz CT molecular complexity index is 328. The van der Waals surface area contributed by atoms with E-state index in [9.17, 15) is 14.7 Å². The van der Waals surface area contributed by atoms with E-state index in [4.69, 9.17) is 9.57 Å². The van der Waals surface area contributed by atoms with Crippen molar-refractivity contribution in [3.63, 3.8) is 0 Å². The molecule has 1 N–H and O–H groups in total. The Kier molecular flexibility index (Phi) is 7.67. The highest BCUT2D eigenvalue weighted by Gasteiger charge is 2.34. The number of hydroxylamine groups is 2. The third-order valence-electron chi connectivity index (χ3n) is 3.73. The monoisotopic (exact) mass is 301 g/mol. The van der Waals surface area contributed by atoms with Crippen molar-refractivity contribution in [3.8, 4) is 0 Å². The second-order valence-electron chi connectivity index (χ2n) is 5.92. The van der Waals surface area contributed by atoms with Gasteiger partial charge in [0.15, 0.2) is 6.29 Å². The molecule has 1 aliphatic rings.